The number of rotatable bonds is 4. The summed E-state index contributed by atoms with van der Waals surface area (Å²) in [5, 5.41) is 0.496. The van der Waals surface area contributed by atoms with Crippen LogP contribution in [0.3, 0.4) is 0 Å². The lowest BCUT2D eigenvalue weighted by Gasteiger charge is -2.27. The van der Waals surface area contributed by atoms with Gasteiger partial charge in [0, 0.05) is 22.9 Å². The Morgan fingerprint density at radius 2 is 2.00 bits per heavy atom. The first-order valence-electron chi connectivity index (χ1n) is 7.65. The van der Waals surface area contributed by atoms with Crippen LogP contribution in [0.1, 0.15) is 17.9 Å². The lowest BCUT2D eigenvalue weighted by atomic mass is 10.2. The number of thioether (sulfide) groups is 1. The standard InChI is InChI=1S/C18H17ClFNO2S/c1-12(23-16-9-5-4-8-15(16)20)17(22)21-10-11-24-18(21)13-6-2-3-7-14(13)19/h2-9,12,18H,10-11H2,1H3. The number of amides is 1. The van der Waals surface area contributed by atoms with Crippen molar-refractivity contribution in [2.24, 2.45) is 0 Å². The van der Waals surface area contributed by atoms with Gasteiger partial charge in [-0.15, -0.1) is 11.8 Å². The maximum absolute atomic E-state index is 13.7. The molecule has 0 bridgehead atoms. The Morgan fingerprint density at radius 3 is 2.75 bits per heavy atom. The Labute approximate surface area is 149 Å². The van der Waals surface area contributed by atoms with Gasteiger partial charge in [-0.2, -0.15) is 0 Å². The molecule has 0 spiro atoms. The Bertz CT molecular complexity index is 742. The summed E-state index contributed by atoms with van der Waals surface area (Å²) >= 11 is 7.94. The molecule has 1 aliphatic heterocycles. The molecule has 1 fully saturated rings. The predicted octanol–water partition coefficient (Wildman–Crippen LogP) is 4.52. The van der Waals surface area contributed by atoms with E-state index in [1.165, 1.54) is 12.1 Å². The molecule has 1 saturated heterocycles. The van der Waals surface area contributed by atoms with Gasteiger partial charge in [0.15, 0.2) is 17.7 Å². The second-order valence-corrected chi connectivity index (χ2v) is 7.06. The summed E-state index contributed by atoms with van der Waals surface area (Å²) in [7, 11) is 0. The molecule has 0 aromatic heterocycles. The van der Waals surface area contributed by atoms with Gasteiger partial charge in [0.05, 0.1) is 0 Å². The summed E-state index contributed by atoms with van der Waals surface area (Å²) in [6.07, 6.45) is -0.773. The highest BCUT2D eigenvalue weighted by Gasteiger charge is 2.34. The van der Waals surface area contributed by atoms with Crippen molar-refractivity contribution < 1.29 is 13.9 Å². The van der Waals surface area contributed by atoms with Crippen LogP contribution in [0.15, 0.2) is 48.5 Å². The first-order chi connectivity index (χ1) is 11.6. The lowest BCUT2D eigenvalue weighted by Crippen LogP contribution is -2.40. The normalized spacial score (nSPS) is 18.5. The zero-order valence-electron chi connectivity index (χ0n) is 13.1. The van der Waals surface area contributed by atoms with Crippen LogP contribution in [0.4, 0.5) is 4.39 Å². The molecule has 6 heteroatoms. The van der Waals surface area contributed by atoms with Crippen LogP contribution in [-0.4, -0.2) is 29.2 Å². The number of carbonyl (C=O) groups excluding carboxylic acids is 1. The van der Waals surface area contributed by atoms with E-state index in [1.807, 2.05) is 24.3 Å². The largest absolute Gasteiger partial charge is 0.478 e. The third kappa shape index (κ3) is 3.52. The van der Waals surface area contributed by atoms with Crippen molar-refractivity contribution in [2.45, 2.75) is 18.4 Å². The van der Waals surface area contributed by atoms with Gasteiger partial charge in [-0.25, -0.2) is 4.39 Å². The number of ether oxygens (including phenoxy) is 1. The first kappa shape index (κ1) is 17.1. The molecule has 0 radical (unpaired) electrons. The molecular formula is C18H17ClFNO2S. The van der Waals surface area contributed by atoms with Gasteiger partial charge in [-0.1, -0.05) is 41.9 Å². The highest BCUT2D eigenvalue weighted by molar-refractivity contribution is 7.99. The van der Waals surface area contributed by atoms with Gasteiger partial charge in [0.1, 0.15) is 5.37 Å². The molecule has 0 N–H and O–H groups in total. The topological polar surface area (TPSA) is 29.5 Å². The van der Waals surface area contributed by atoms with Gasteiger partial charge in [-0.3, -0.25) is 4.79 Å². The fourth-order valence-corrected chi connectivity index (χ4v) is 4.25. The fourth-order valence-electron chi connectivity index (χ4n) is 2.64. The van der Waals surface area contributed by atoms with Crippen molar-refractivity contribution in [1.82, 2.24) is 4.90 Å². The summed E-state index contributed by atoms with van der Waals surface area (Å²) in [5.74, 6) is 0.261. The second kappa shape index (κ2) is 7.45. The van der Waals surface area contributed by atoms with Crippen molar-refractivity contribution in [2.75, 3.05) is 12.3 Å². The molecule has 3 nitrogen and oxygen atoms in total. The zero-order valence-corrected chi connectivity index (χ0v) is 14.7. The highest BCUT2D eigenvalue weighted by Crippen LogP contribution is 2.41. The average molecular weight is 366 g/mol. The SMILES string of the molecule is CC(Oc1ccccc1F)C(=O)N1CCSC1c1ccccc1Cl. The minimum atomic E-state index is -0.773. The molecule has 0 saturated carbocycles. The average Bonchev–Trinajstić information content (AvgIpc) is 3.06. The predicted molar refractivity (Wildman–Crippen MR) is 94.9 cm³/mol. The lowest BCUT2D eigenvalue weighted by molar-refractivity contribution is -0.138. The maximum Gasteiger partial charge on any atom is 0.264 e. The molecule has 2 aromatic rings. The van der Waals surface area contributed by atoms with Crippen LogP contribution < -0.4 is 4.74 Å². The monoisotopic (exact) mass is 365 g/mol. The van der Waals surface area contributed by atoms with Crippen molar-refractivity contribution >= 4 is 29.3 Å². The molecule has 1 aliphatic rings. The van der Waals surface area contributed by atoms with Crippen molar-refractivity contribution in [3.8, 4) is 5.75 Å². The van der Waals surface area contributed by atoms with Crippen LogP contribution in [0.25, 0.3) is 0 Å². The van der Waals surface area contributed by atoms with Gasteiger partial charge < -0.3 is 9.64 Å². The van der Waals surface area contributed by atoms with Crippen molar-refractivity contribution in [3.63, 3.8) is 0 Å². The summed E-state index contributed by atoms with van der Waals surface area (Å²) in [4.78, 5) is 14.5. The Hall–Kier alpha value is -1.72. The smallest absolute Gasteiger partial charge is 0.264 e. The van der Waals surface area contributed by atoms with Gasteiger partial charge in [0.25, 0.3) is 5.91 Å². The van der Waals surface area contributed by atoms with E-state index in [2.05, 4.69) is 0 Å². The van der Waals surface area contributed by atoms with E-state index in [0.29, 0.717) is 11.6 Å². The van der Waals surface area contributed by atoms with E-state index in [1.54, 1.807) is 35.7 Å². The van der Waals surface area contributed by atoms with E-state index >= 15 is 0 Å². The molecule has 126 valence electrons. The number of carbonyl (C=O) groups is 1. The van der Waals surface area contributed by atoms with Gasteiger partial charge in [0.2, 0.25) is 0 Å². The number of hydrogen-bond acceptors (Lipinski definition) is 3. The first-order valence-corrected chi connectivity index (χ1v) is 9.08. The molecule has 2 aromatic carbocycles. The Kier molecular flexibility index (Phi) is 5.31. The van der Waals surface area contributed by atoms with E-state index in [4.69, 9.17) is 16.3 Å². The molecule has 1 amide bonds. The van der Waals surface area contributed by atoms with E-state index < -0.39 is 11.9 Å². The van der Waals surface area contributed by atoms with E-state index in [9.17, 15) is 9.18 Å². The van der Waals surface area contributed by atoms with Crippen LogP contribution in [0, 0.1) is 5.82 Å². The number of benzene rings is 2. The molecule has 3 rings (SSSR count). The van der Waals surface area contributed by atoms with Crippen molar-refractivity contribution in [1.29, 1.82) is 0 Å². The van der Waals surface area contributed by atoms with Crippen LogP contribution in [0.2, 0.25) is 5.02 Å². The minimum Gasteiger partial charge on any atom is -0.478 e. The third-order valence-corrected chi connectivity index (χ3v) is 5.42. The van der Waals surface area contributed by atoms with Crippen molar-refractivity contribution in [3.05, 3.63) is 64.9 Å². The molecule has 2 unspecified atom stereocenters. The molecule has 0 aliphatic carbocycles. The van der Waals surface area contributed by atoms with Crippen LogP contribution >= 0.6 is 23.4 Å². The molecule has 1 heterocycles. The summed E-state index contributed by atoms with van der Waals surface area (Å²) in [6.45, 7) is 2.26. The summed E-state index contributed by atoms with van der Waals surface area (Å²) < 4.78 is 19.2. The summed E-state index contributed by atoms with van der Waals surface area (Å²) in [6, 6.07) is 13.6. The second-order valence-electron chi connectivity index (χ2n) is 5.47. The van der Waals surface area contributed by atoms with Gasteiger partial charge in [-0.05, 0) is 25.1 Å². The number of nitrogens with zero attached hydrogens (tertiary/aromatic N) is 1. The van der Waals surface area contributed by atoms with Crippen LogP contribution in [-0.2, 0) is 4.79 Å². The van der Waals surface area contributed by atoms with E-state index in [-0.39, 0.29) is 17.0 Å². The fraction of sp³-hybridized carbons (Fsp3) is 0.278. The molecular weight excluding hydrogens is 349 g/mol. The third-order valence-electron chi connectivity index (χ3n) is 3.83. The summed E-state index contributed by atoms with van der Waals surface area (Å²) in [5.41, 5.74) is 0.910. The van der Waals surface area contributed by atoms with Gasteiger partial charge >= 0.3 is 0 Å². The van der Waals surface area contributed by atoms with Crippen LogP contribution in [0.5, 0.6) is 5.75 Å². The quantitative estimate of drug-likeness (QED) is 0.797. The molecule has 24 heavy (non-hydrogen) atoms. The van der Waals surface area contributed by atoms with E-state index in [0.717, 1.165) is 11.3 Å². The highest BCUT2D eigenvalue weighted by atomic mass is 35.5. The molecule has 2 atom stereocenters. The Balaban J connectivity index is 1.76. The number of halogens is 2. The number of hydrogen-bond donors (Lipinski definition) is 0. The zero-order chi connectivity index (χ0) is 17.1. The maximum atomic E-state index is 13.7. The Morgan fingerprint density at radius 1 is 1.29 bits per heavy atom. The number of para-hydroxylation sites is 1. The minimum absolute atomic E-state index is 0.0829.